The molecule has 2 aliphatic heterocycles. The molecule has 1 saturated carbocycles. The van der Waals surface area contributed by atoms with Gasteiger partial charge in [0.25, 0.3) is 5.91 Å². The summed E-state index contributed by atoms with van der Waals surface area (Å²) in [7, 11) is 1.76. The number of rotatable bonds is 3. The molecule has 1 amide bonds. The lowest BCUT2D eigenvalue weighted by atomic mass is 9.80. The third-order valence-electron chi connectivity index (χ3n) is 5.17. The highest BCUT2D eigenvalue weighted by molar-refractivity contribution is 14.0. The van der Waals surface area contributed by atoms with Gasteiger partial charge in [-0.3, -0.25) is 9.79 Å². The van der Waals surface area contributed by atoms with Gasteiger partial charge in [-0.25, -0.2) is 0 Å². The first-order chi connectivity index (χ1) is 11.1. The maximum absolute atomic E-state index is 12.4. The van der Waals surface area contributed by atoms with Gasteiger partial charge in [0.1, 0.15) is 6.10 Å². The Kier molecular flexibility index (Phi) is 7.11. The van der Waals surface area contributed by atoms with Gasteiger partial charge in [0.05, 0.1) is 5.60 Å². The molecular formula is C16H29IN4O3. The summed E-state index contributed by atoms with van der Waals surface area (Å²) in [6.07, 6.45) is 4.42. The van der Waals surface area contributed by atoms with Gasteiger partial charge in [-0.1, -0.05) is 0 Å². The average molecular weight is 452 g/mol. The molecule has 138 valence electrons. The molecule has 0 bridgehead atoms. The van der Waals surface area contributed by atoms with Gasteiger partial charge in [0, 0.05) is 46.4 Å². The SMILES string of the molecule is CN=C(NCC1(O)CCC1)N1CCN(C(=O)C2CCCO2)CC1.I. The number of hydrogen-bond donors (Lipinski definition) is 2. The normalized spacial score (nSPS) is 26.6. The van der Waals surface area contributed by atoms with E-state index in [1.807, 2.05) is 4.90 Å². The Morgan fingerprint density at radius 2 is 1.92 bits per heavy atom. The third-order valence-corrected chi connectivity index (χ3v) is 5.17. The largest absolute Gasteiger partial charge is 0.388 e. The van der Waals surface area contributed by atoms with Gasteiger partial charge >= 0.3 is 0 Å². The lowest BCUT2D eigenvalue weighted by Gasteiger charge is -2.40. The van der Waals surface area contributed by atoms with Gasteiger partial charge in [0.2, 0.25) is 0 Å². The number of amides is 1. The summed E-state index contributed by atoms with van der Waals surface area (Å²) in [4.78, 5) is 20.7. The zero-order valence-electron chi connectivity index (χ0n) is 14.4. The van der Waals surface area contributed by atoms with E-state index in [4.69, 9.17) is 4.74 Å². The minimum absolute atomic E-state index is 0. The van der Waals surface area contributed by atoms with Gasteiger partial charge in [-0.05, 0) is 32.1 Å². The number of halogens is 1. The minimum Gasteiger partial charge on any atom is -0.388 e. The number of guanidine groups is 1. The van der Waals surface area contributed by atoms with Crippen molar-refractivity contribution in [1.82, 2.24) is 15.1 Å². The van der Waals surface area contributed by atoms with E-state index in [-0.39, 0.29) is 36.0 Å². The summed E-state index contributed by atoms with van der Waals surface area (Å²) < 4.78 is 5.49. The van der Waals surface area contributed by atoms with Gasteiger partial charge in [-0.15, -0.1) is 24.0 Å². The van der Waals surface area contributed by atoms with Crippen LogP contribution in [0, 0.1) is 0 Å². The molecule has 0 aromatic rings. The van der Waals surface area contributed by atoms with Crippen molar-refractivity contribution >= 4 is 35.8 Å². The molecule has 24 heavy (non-hydrogen) atoms. The fraction of sp³-hybridized carbons (Fsp3) is 0.875. The molecular weight excluding hydrogens is 423 g/mol. The van der Waals surface area contributed by atoms with Crippen LogP contribution >= 0.6 is 24.0 Å². The molecule has 2 N–H and O–H groups in total. The highest BCUT2D eigenvalue weighted by Gasteiger charge is 2.35. The average Bonchev–Trinajstić information content (AvgIpc) is 3.08. The van der Waals surface area contributed by atoms with Crippen LogP contribution in [0.25, 0.3) is 0 Å². The van der Waals surface area contributed by atoms with E-state index in [0.717, 1.165) is 51.2 Å². The smallest absolute Gasteiger partial charge is 0.251 e. The predicted molar refractivity (Wildman–Crippen MR) is 103 cm³/mol. The second-order valence-electron chi connectivity index (χ2n) is 6.79. The number of carbonyl (C=O) groups is 1. The molecule has 0 spiro atoms. The Morgan fingerprint density at radius 3 is 2.42 bits per heavy atom. The van der Waals surface area contributed by atoms with E-state index in [9.17, 15) is 9.90 Å². The molecule has 0 aromatic heterocycles. The molecule has 1 aliphatic carbocycles. The first kappa shape index (κ1) is 19.7. The molecule has 0 radical (unpaired) electrons. The molecule has 3 fully saturated rings. The van der Waals surface area contributed by atoms with Crippen molar-refractivity contribution in [2.24, 2.45) is 4.99 Å². The lowest BCUT2D eigenvalue weighted by molar-refractivity contribution is -0.142. The molecule has 7 nitrogen and oxygen atoms in total. The fourth-order valence-electron chi connectivity index (χ4n) is 3.45. The summed E-state index contributed by atoms with van der Waals surface area (Å²) >= 11 is 0. The second-order valence-corrected chi connectivity index (χ2v) is 6.79. The topological polar surface area (TPSA) is 77.4 Å². The summed E-state index contributed by atoms with van der Waals surface area (Å²) in [6, 6.07) is 0. The standard InChI is InChI=1S/C16H28N4O3.HI/c1-17-15(18-12-16(22)5-3-6-16)20-9-7-19(8-10-20)14(21)13-4-2-11-23-13;/h13,22H,2-12H2,1H3,(H,17,18);1H. The molecule has 3 aliphatic rings. The predicted octanol–water partition coefficient (Wildman–Crippen LogP) is 0.418. The Balaban J connectivity index is 0.00000208. The van der Waals surface area contributed by atoms with E-state index in [1.165, 1.54) is 0 Å². The Labute approximate surface area is 160 Å². The Bertz CT molecular complexity index is 456. The van der Waals surface area contributed by atoms with Crippen molar-refractivity contribution in [3.63, 3.8) is 0 Å². The summed E-state index contributed by atoms with van der Waals surface area (Å²) in [5, 5.41) is 13.5. The second kappa shape index (κ2) is 8.66. The van der Waals surface area contributed by atoms with Gasteiger partial charge < -0.3 is 25.0 Å². The maximum atomic E-state index is 12.4. The van der Waals surface area contributed by atoms with Crippen LogP contribution in [-0.4, -0.2) is 84.9 Å². The van der Waals surface area contributed by atoms with Crippen molar-refractivity contribution in [2.45, 2.75) is 43.8 Å². The van der Waals surface area contributed by atoms with Crippen LogP contribution in [0.15, 0.2) is 4.99 Å². The minimum atomic E-state index is -0.562. The van der Waals surface area contributed by atoms with Crippen molar-refractivity contribution in [2.75, 3.05) is 46.4 Å². The monoisotopic (exact) mass is 452 g/mol. The summed E-state index contributed by atoms with van der Waals surface area (Å²) in [6.45, 7) is 4.17. The number of ether oxygens (including phenoxy) is 1. The fourth-order valence-corrected chi connectivity index (χ4v) is 3.45. The van der Waals surface area contributed by atoms with E-state index < -0.39 is 5.60 Å². The van der Waals surface area contributed by atoms with Crippen molar-refractivity contribution in [3.05, 3.63) is 0 Å². The number of carbonyl (C=O) groups excluding carboxylic acids is 1. The first-order valence-electron chi connectivity index (χ1n) is 8.70. The molecule has 0 aromatic carbocycles. The third kappa shape index (κ3) is 4.51. The maximum Gasteiger partial charge on any atom is 0.251 e. The molecule has 3 rings (SSSR count). The number of nitrogens with one attached hydrogen (secondary N) is 1. The van der Waals surface area contributed by atoms with Crippen LogP contribution in [0.4, 0.5) is 0 Å². The molecule has 1 unspecified atom stereocenters. The number of nitrogens with zero attached hydrogens (tertiary/aromatic N) is 3. The number of aliphatic hydroxyl groups is 1. The number of aliphatic imine (C=N–C) groups is 1. The van der Waals surface area contributed by atoms with Crippen molar-refractivity contribution in [1.29, 1.82) is 0 Å². The summed E-state index contributed by atoms with van der Waals surface area (Å²) in [5.74, 6) is 0.948. The van der Waals surface area contributed by atoms with E-state index >= 15 is 0 Å². The Hall–Kier alpha value is -0.610. The van der Waals surface area contributed by atoms with Crippen LogP contribution in [0.2, 0.25) is 0 Å². The van der Waals surface area contributed by atoms with Gasteiger partial charge in [-0.2, -0.15) is 0 Å². The van der Waals surface area contributed by atoms with Crippen LogP contribution in [0.1, 0.15) is 32.1 Å². The van der Waals surface area contributed by atoms with Crippen LogP contribution < -0.4 is 5.32 Å². The van der Waals surface area contributed by atoms with Crippen LogP contribution in [0.5, 0.6) is 0 Å². The van der Waals surface area contributed by atoms with Crippen LogP contribution in [0.3, 0.4) is 0 Å². The quantitative estimate of drug-likeness (QED) is 0.369. The van der Waals surface area contributed by atoms with Gasteiger partial charge in [0.15, 0.2) is 5.96 Å². The van der Waals surface area contributed by atoms with Crippen molar-refractivity contribution in [3.8, 4) is 0 Å². The highest BCUT2D eigenvalue weighted by atomic mass is 127. The molecule has 8 heteroatoms. The van der Waals surface area contributed by atoms with Crippen molar-refractivity contribution < 1.29 is 14.6 Å². The van der Waals surface area contributed by atoms with E-state index in [0.29, 0.717) is 26.2 Å². The summed E-state index contributed by atoms with van der Waals surface area (Å²) in [5.41, 5.74) is -0.562. The highest BCUT2D eigenvalue weighted by Crippen LogP contribution is 2.30. The number of piperazine rings is 1. The Morgan fingerprint density at radius 1 is 1.25 bits per heavy atom. The van der Waals surface area contributed by atoms with E-state index in [2.05, 4.69) is 15.2 Å². The zero-order valence-corrected chi connectivity index (χ0v) is 16.7. The first-order valence-corrected chi connectivity index (χ1v) is 8.70. The molecule has 2 heterocycles. The number of hydrogen-bond acceptors (Lipinski definition) is 4. The van der Waals surface area contributed by atoms with Crippen LogP contribution in [-0.2, 0) is 9.53 Å². The lowest BCUT2D eigenvalue weighted by Crippen LogP contribution is -2.57. The zero-order chi connectivity index (χ0) is 16.3. The molecule has 1 atom stereocenters. The van der Waals surface area contributed by atoms with E-state index in [1.54, 1.807) is 7.05 Å². The molecule has 2 saturated heterocycles.